The van der Waals surface area contributed by atoms with E-state index in [-0.39, 0.29) is 29.3 Å². The molecule has 2 heterocycles. The highest BCUT2D eigenvalue weighted by Crippen LogP contribution is 2.39. The predicted octanol–water partition coefficient (Wildman–Crippen LogP) is 8.56. The summed E-state index contributed by atoms with van der Waals surface area (Å²) in [6, 6.07) is 22.1. The molecule has 1 saturated heterocycles. The minimum absolute atomic E-state index is 0.122. The molecular weight excluding hydrogens is 753 g/mol. The molecule has 0 spiro atoms. The van der Waals surface area contributed by atoms with E-state index in [0.717, 1.165) is 117 Å². The minimum Gasteiger partial charge on any atom is -0.481 e. The summed E-state index contributed by atoms with van der Waals surface area (Å²) in [5.74, 6) is -2.23. The smallest absolute Gasteiger partial charge is 0.335 e. The van der Waals surface area contributed by atoms with Gasteiger partial charge in [-0.3, -0.25) is 19.2 Å². The van der Waals surface area contributed by atoms with Crippen molar-refractivity contribution in [1.82, 2.24) is 9.80 Å². The summed E-state index contributed by atoms with van der Waals surface area (Å²) in [7, 11) is 0. The molecule has 308 valence electrons. The number of amides is 3. The van der Waals surface area contributed by atoms with Crippen LogP contribution in [-0.2, 0) is 41.8 Å². The normalized spacial score (nSPS) is 15.1. The Hall–Kier alpha value is -5.33. The van der Waals surface area contributed by atoms with E-state index in [2.05, 4.69) is 36.3 Å². The van der Waals surface area contributed by atoms with E-state index < -0.39 is 11.9 Å². The van der Waals surface area contributed by atoms with Gasteiger partial charge in [-0.2, -0.15) is 0 Å². The van der Waals surface area contributed by atoms with Gasteiger partial charge >= 0.3 is 11.9 Å². The van der Waals surface area contributed by atoms with Crippen LogP contribution in [0.4, 0.5) is 10.7 Å². The molecule has 3 aromatic carbocycles. The number of piperidine rings is 1. The number of carboxylic acid groups (broad SMARTS) is 2. The molecule has 6 rings (SSSR count). The number of likely N-dealkylation sites (tertiary alicyclic amines) is 1. The Morgan fingerprint density at radius 2 is 1.50 bits per heavy atom. The molecule has 4 aromatic rings. The number of aliphatic carboxylic acids is 1. The van der Waals surface area contributed by atoms with E-state index >= 15 is 0 Å². The average Bonchev–Trinajstić information content (AvgIpc) is 3.61. The number of carbonyl (C=O) groups is 5. The van der Waals surface area contributed by atoms with E-state index in [1.807, 2.05) is 54.6 Å². The first kappa shape index (κ1) is 43.8. The number of thiophene rings is 1. The Bertz CT molecular complexity index is 2020. The summed E-state index contributed by atoms with van der Waals surface area (Å²) in [5.41, 5.74) is 5.99. The molecule has 3 amide bonds. The molecule has 1 unspecified atom stereocenters. The summed E-state index contributed by atoms with van der Waals surface area (Å²) in [6.07, 6.45) is 9.77. The Balaban J connectivity index is 0.000000503. The van der Waals surface area contributed by atoms with Crippen LogP contribution in [0.1, 0.15) is 118 Å². The molecule has 4 N–H and O–H groups in total. The first-order chi connectivity index (χ1) is 28.0. The number of hydrogen-bond acceptors (Lipinski definition) is 7. The number of nitrogens with zero attached hydrogens (tertiary/aromatic N) is 2. The van der Waals surface area contributed by atoms with Gasteiger partial charge in [0.05, 0.1) is 17.0 Å². The second kappa shape index (κ2) is 21.4. The number of hydrogen-bond donors (Lipinski definition) is 4. The summed E-state index contributed by atoms with van der Waals surface area (Å²) < 4.78 is 0. The second-order valence-corrected chi connectivity index (χ2v) is 16.1. The summed E-state index contributed by atoms with van der Waals surface area (Å²) in [6.45, 7) is 9.41. The number of carbonyl (C=O) groups excluding carboxylic acids is 3. The van der Waals surface area contributed by atoms with E-state index in [1.165, 1.54) is 11.3 Å². The molecule has 0 bridgehead atoms. The quantitative estimate of drug-likeness (QED) is 0.0821. The lowest BCUT2D eigenvalue weighted by Gasteiger charge is -2.29. The van der Waals surface area contributed by atoms with Crippen molar-refractivity contribution in [3.8, 4) is 0 Å². The highest BCUT2D eigenvalue weighted by molar-refractivity contribution is 7.17. The summed E-state index contributed by atoms with van der Waals surface area (Å²) >= 11 is 1.48. The zero-order chi connectivity index (χ0) is 41.6. The van der Waals surface area contributed by atoms with E-state index in [9.17, 15) is 24.0 Å². The lowest BCUT2D eigenvalue weighted by atomic mass is 9.95. The maximum absolute atomic E-state index is 13.8. The molecule has 2 aliphatic rings. The largest absolute Gasteiger partial charge is 0.481 e. The van der Waals surface area contributed by atoms with Crippen molar-refractivity contribution in [2.45, 2.75) is 97.6 Å². The molecule has 0 saturated carbocycles. The maximum Gasteiger partial charge on any atom is 0.335 e. The summed E-state index contributed by atoms with van der Waals surface area (Å²) in [4.78, 5) is 65.8. The van der Waals surface area contributed by atoms with Gasteiger partial charge in [-0.05, 0) is 136 Å². The van der Waals surface area contributed by atoms with Gasteiger partial charge in [-0.15, -0.1) is 11.3 Å². The van der Waals surface area contributed by atoms with Crippen LogP contribution < -0.4 is 10.6 Å². The standard InChI is InChI=1S/C38H41N3O5S.C8H15NO2/c1-3-31(4-2)41(24-42)23-27-8-7-9-29(22-27)35(43)40-37-34(32-10-5-6-11-33(32)47-37)36(44)39-30-20-16-26(17-21-30)13-12-25-14-18-28(19-15-25)38(45)46;1-2-9-5-3-4-7(6-9)8(10)11/h7-9,14-22,24,31H,3-6,10-13,23H2,1-2H3,(H,39,44)(H,40,43)(H,45,46);7H,2-6H2,1H3,(H,10,11). The van der Waals surface area contributed by atoms with Crippen molar-refractivity contribution < 1.29 is 34.2 Å². The summed E-state index contributed by atoms with van der Waals surface area (Å²) in [5, 5.41) is 24.5. The van der Waals surface area contributed by atoms with Gasteiger partial charge in [-0.1, -0.05) is 57.2 Å². The third kappa shape index (κ3) is 11.9. The number of benzene rings is 3. The topological polar surface area (TPSA) is 156 Å². The number of rotatable bonds is 16. The van der Waals surface area contributed by atoms with Crippen molar-refractivity contribution in [3.63, 3.8) is 0 Å². The number of aromatic carboxylic acids is 1. The number of fused-ring (bicyclic) bond motifs is 1. The molecule has 12 heteroatoms. The Labute approximate surface area is 345 Å². The fourth-order valence-electron chi connectivity index (χ4n) is 7.70. The Morgan fingerprint density at radius 1 is 0.828 bits per heavy atom. The Morgan fingerprint density at radius 3 is 2.12 bits per heavy atom. The highest BCUT2D eigenvalue weighted by atomic mass is 32.1. The fraction of sp³-hybridized carbons (Fsp3) is 0.413. The van der Waals surface area contributed by atoms with Crippen LogP contribution in [0.5, 0.6) is 0 Å². The van der Waals surface area contributed by atoms with Gasteiger partial charge in [0.1, 0.15) is 5.00 Å². The molecule has 1 aromatic heterocycles. The van der Waals surface area contributed by atoms with Gasteiger partial charge in [-0.25, -0.2) is 4.79 Å². The van der Waals surface area contributed by atoms with Gasteiger partial charge in [0.25, 0.3) is 11.8 Å². The Kier molecular flexibility index (Phi) is 16.2. The number of anilines is 2. The predicted molar refractivity (Wildman–Crippen MR) is 229 cm³/mol. The number of carboxylic acids is 2. The zero-order valence-electron chi connectivity index (χ0n) is 33.8. The number of nitrogens with one attached hydrogen (secondary N) is 2. The lowest BCUT2D eigenvalue weighted by molar-refractivity contribution is -0.143. The average molecular weight is 809 g/mol. The van der Waals surface area contributed by atoms with Crippen LogP contribution in [0.25, 0.3) is 0 Å². The number of aryl methyl sites for hydroxylation is 3. The van der Waals surface area contributed by atoms with Crippen molar-refractivity contribution in [2.75, 3.05) is 30.3 Å². The zero-order valence-corrected chi connectivity index (χ0v) is 34.6. The third-order valence-corrected chi connectivity index (χ3v) is 12.4. The lowest BCUT2D eigenvalue weighted by Crippen LogP contribution is -2.38. The first-order valence-corrected chi connectivity index (χ1v) is 21.3. The molecule has 1 fully saturated rings. The minimum atomic E-state index is -0.937. The van der Waals surface area contributed by atoms with Gasteiger partial charge in [0, 0.05) is 35.3 Å². The molecule has 1 atom stereocenters. The molecule has 11 nitrogen and oxygen atoms in total. The van der Waals surface area contributed by atoms with Gasteiger partial charge in [0.15, 0.2) is 0 Å². The molecule has 1 aliphatic carbocycles. The van der Waals surface area contributed by atoms with Crippen molar-refractivity contribution in [2.24, 2.45) is 5.92 Å². The van der Waals surface area contributed by atoms with Gasteiger partial charge in [0.2, 0.25) is 6.41 Å². The van der Waals surface area contributed by atoms with Crippen molar-refractivity contribution >= 4 is 52.2 Å². The van der Waals surface area contributed by atoms with E-state index in [4.69, 9.17) is 10.2 Å². The maximum atomic E-state index is 13.8. The molecule has 58 heavy (non-hydrogen) atoms. The first-order valence-electron chi connectivity index (χ1n) is 20.5. The van der Waals surface area contributed by atoms with Crippen LogP contribution in [0.3, 0.4) is 0 Å². The van der Waals surface area contributed by atoms with Crippen LogP contribution in [0.15, 0.2) is 72.8 Å². The molecular formula is C46H56N4O7S. The molecule has 0 radical (unpaired) electrons. The van der Waals surface area contributed by atoms with Crippen LogP contribution in [0.2, 0.25) is 0 Å². The van der Waals surface area contributed by atoms with E-state index in [1.54, 1.807) is 23.1 Å². The van der Waals surface area contributed by atoms with Crippen molar-refractivity contribution in [1.29, 1.82) is 0 Å². The van der Waals surface area contributed by atoms with E-state index in [0.29, 0.717) is 28.4 Å². The second-order valence-electron chi connectivity index (χ2n) is 15.0. The van der Waals surface area contributed by atoms with Gasteiger partial charge < -0.3 is 30.6 Å². The van der Waals surface area contributed by atoms with Crippen LogP contribution in [0, 0.1) is 5.92 Å². The SMILES string of the molecule is CCC(CC)N(C=O)Cc1cccc(C(=O)Nc2sc3c(c2C(=O)Nc2ccc(CCc4ccc(C(=O)O)cc4)cc2)CCCC3)c1.CCN1CCCC(C(=O)O)C1. The van der Waals surface area contributed by atoms with Crippen LogP contribution >= 0.6 is 11.3 Å². The third-order valence-electron chi connectivity index (χ3n) is 11.1. The fourth-order valence-corrected chi connectivity index (χ4v) is 8.98. The monoisotopic (exact) mass is 808 g/mol. The van der Waals surface area contributed by atoms with Crippen LogP contribution in [-0.4, -0.2) is 75.9 Å². The highest BCUT2D eigenvalue weighted by Gasteiger charge is 2.27. The van der Waals surface area contributed by atoms with Crippen molar-refractivity contribution in [3.05, 3.63) is 117 Å². The molecule has 1 aliphatic heterocycles.